The van der Waals surface area contributed by atoms with Crippen LogP contribution >= 0.6 is 0 Å². The fourth-order valence-electron chi connectivity index (χ4n) is 3.32. The number of nitrogens with zero attached hydrogens (tertiary/aromatic N) is 2. The van der Waals surface area contributed by atoms with E-state index in [2.05, 4.69) is 23.9 Å². The first-order valence-corrected chi connectivity index (χ1v) is 7.08. The van der Waals surface area contributed by atoms with Crippen molar-refractivity contribution in [1.29, 1.82) is 0 Å². The van der Waals surface area contributed by atoms with Gasteiger partial charge in [0.2, 0.25) is 0 Å². The zero-order chi connectivity index (χ0) is 12.3. The molecule has 1 heterocycles. The fourth-order valence-corrected chi connectivity index (χ4v) is 3.32. The number of Topliss-reactive ketones (excluding diaryl/α,β-unsaturated/α-hetero) is 1. The van der Waals surface area contributed by atoms with E-state index >= 15 is 0 Å². The minimum atomic E-state index is 0.211. The maximum atomic E-state index is 12.0. The zero-order valence-electron chi connectivity index (χ0n) is 11.3. The average Bonchev–Trinajstić information content (AvgIpc) is 2.57. The lowest BCUT2D eigenvalue weighted by Crippen LogP contribution is -2.41. The molecule has 1 aliphatic carbocycles. The maximum Gasteiger partial charge on any atom is 0.149 e. The molecule has 2 rings (SSSR count). The van der Waals surface area contributed by atoms with Gasteiger partial charge in [0.05, 0.1) is 6.04 Å². The SMILES string of the molecule is CN1CCC(CN(C)C2CCCCCC2=O)C1. The molecule has 2 aliphatic rings. The summed E-state index contributed by atoms with van der Waals surface area (Å²) >= 11 is 0. The molecule has 1 saturated heterocycles. The third-order valence-electron chi connectivity index (χ3n) is 4.34. The van der Waals surface area contributed by atoms with E-state index in [1.54, 1.807) is 0 Å². The Bertz CT molecular complexity index is 267. The highest BCUT2D eigenvalue weighted by atomic mass is 16.1. The summed E-state index contributed by atoms with van der Waals surface area (Å²) in [4.78, 5) is 16.8. The quantitative estimate of drug-likeness (QED) is 0.700. The Morgan fingerprint density at radius 1 is 1.29 bits per heavy atom. The first kappa shape index (κ1) is 13.0. The van der Waals surface area contributed by atoms with Gasteiger partial charge in [-0.15, -0.1) is 0 Å². The second kappa shape index (κ2) is 5.96. The second-order valence-electron chi connectivity index (χ2n) is 5.94. The van der Waals surface area contributed by atoms with E-state index in [9.17, 15) is 4.79 Å². The van der Waals surface area contributed by atoms with Crippen LogP contribution in [0.15, 0.2) is 0 Å². The van der Waals surface area contributed by atoms with Crippen LogP contribution in [0.25, 0.3) is 0 Å². The molecule has 0 amide bonds. The molecule has 2 unspecified atom stereocenters. The van der Waals surface area contributed by atoms with Gasteiger partial charge in [-0.3, -0.25) is 9.69 Å². The fraction of sp³-hybridized carbons (Fsp3) is 0.929. The Labute approximate surface area is 105 Å². The predicted octanol–water partition coefficient (Wildman–Crippen LogP) is 1.77. The Kier molecular flexibility index (Phi) is 4.57. The van der Waals surface area contributed by atoms with E-state index in [0.717, 1.165) is 31.7 Å². The molecule has 1 aliphatic heterocycles. The van der Waals surface area contributed by atoms with Crippen LogP contribution in [0.3, 0.4) is 0 Å². The standard InChI is InChI=1S/C14H26N2O/c1-15-9-8-12(10-15)11-16(2)13-6-4-3-5-7-14(13)17/h12-13H,3-11H2,1-2H3. The molecule has 3 nitrogen and oxygen atoms in total. The summed E-state index contributed by atoms with van der Waals surface area (Å²) in [7, 11) is 4.34. The molecule has 17 heavy (non-hydrogen) atoms. The number of carbonyl (C=O) groups is 1. The van der Waals surface area contributed by atoms with Gasteiger partial charge < -0.3 is 4.90 Å². The molecule has 2 fully saturated rings. The smallest absolute Gasteiger partial charge is 0.149 e. The first-order valence-electron chi connectivity index (χ1n) is 7.08. The Morgan fingerprint density at radius 3 is 2.82 bits per heavy atom. The van der Waals surface area contributed by atoms with Crippen LogP contribution in [0.5, 0.6) is 0 Å². The number of hydrogen-bond donors (Lipinski definition) is 0. The molecular weight excluding hydrogens is 212 g/mol. The summed E-state index contributed by atoms with van der Waals surface area (Å²) in [6.45, 7) is 3.52. The Morgan fingerprint density at radius 2 is 2.12 bits per heavy atom. The van der Waals surface area contributed by atoms with Crippen molar-refractivity contribution in [2.24, 2.45) is 5.92 Å². The monoisotopic (exact) mass is 238 g/mol. The third kappa shape index (κ3) is 3.52. The first-order chi connectivity index (χ1) is 8.16. The molecule has 1 saturated carbocycles. The lowest BCUT2D eigenvalue weighted by Gasteiger charge is -2.28. The Balaban J connectivity index is 1.85. The van der Waals surface area contributed by atoms with Crippen molar-refractivity contribution < 1.29 is 4.79 Å². The molecule has 0 aromatic heterocycles. The van der Waals surface area contributed by atoms with E-state index in [-0.39, 0.29) is 6.04 Å². The van der Waals surface area contributed by atoms with Gasteiger partial charge in [0.1, 0.15) is 5.78 Å². The van der Waals surface area contributed by atoms with Crippen molar-refractivity contribution >= 4 is 5.78 Å². The molecule has 3 heteroatoms. The largest absolute Gasteiger partial charge is 0.306 e. The number of likely N-dealkylation sites (tertiary alicyclic amines) is 1. The van der Waals surface area contributed by atoms with Gasteiger partial charge in [-0.1, -0.05) is 12.8 Å². The summed E-state index contributed by atoms with van der Waals surface area (Å²) < 4.78 is 0. The highest BCUT2D eigenvalue weighted by molar-refractivity contribution is 5.84. The van der Waals surface area contributed by atoms with Crippen LogP contribution in [0.4, 0.5) is 0 Å². The van der Waals surface area contributed by atoms with Gasteiger partial charge in [0.25, 0.3) is 0 Å². The summed E-state index contributed by atoms with van der Waals surface area (Å²) in [6, 6.07) is 0.211. The normalized spacial score (nSPS) is 32.1. The van der Waals surface area contributed by atoms with Crippen LogP contribution in [0.1, 0.15) is 38.5 Å². The van der Waals surface area contributed by atoms with E-state index in [1.807, 2.05) is 0 Å². The number of rotatable bonds is 3. The highest BCUT2D eigenvalue weighted by Crippen LogP contribution is 2.21. The van der Waals surface area contributed by atoms with Crippen molar-refractivity contribution in [3.05, 3.63) is 0 Å². The average molecular weight is 238 g/mol. The minimum Gasteiger partial charge on any atom is -0.306 e. The van der Waals surface area contributed by atoms with Gasteiger partial charge >= 0.3 is 0 Å². The van der Waals surface area contributed by atoms with E-state index < -0.39 is 0 Å². The second-order valence-corrected chi connectivity index (χ2v) is 5.94. The van der Waals surface area contributed by atoms with E-state index in [4.69, 9.17) is 0 Å². The van der Waals surface area contributed by atoms with Gasteiger partial charge in [-0.05, 0) is 45.8 Å². The van der Waals surface area contributed by atoms with Crippen molar-refractivity contribution in [2.45, 2.75) is 44.6 Å². The highest BCUT2D eigenvalue weighted by Gasteiger charge is 2.28. The van der Waals surface area contributed by atoms with Crippen molar-refractivity contribution in [2.75, 3.05) is 33.7 Å². The number of likely N-dealkylation sites (N-methyl/N-ethyl adjacent to an activating group) is 1. The predicted molar refractivity (Wildman–Crippen MR) is 70.1 cm³/mol. The molecule has 98 valence electrons. The molecule has 2 atom stereocenters. The van der Waals surface area contributed by atoms with E-state index in [0.29, 0.717) is 5.78 Å². The number of ketones is 1. The maximum absolute atomic E-state index is 12.0. The van der Waals surface area contributed by atoms with Crippen molar-refractivity contribution in [3.63, 3.8) is 0 Å². The molecule has 0 aromatic carbocycles. The van der Waals surface area contributed by atoms with Crippen molar-refractivity contribution in [1.82, 2.24) is 9.80 Å². The Hall–Kier alpha value is -0.410. The van der Waals surface area contributed by atoms with Gasteiger partial charge in [0, 0.05) is 19.5 Å². The summed E-state index contributed by atoms with van der Waals surface area (Å²) in [5.41, 5.74) is 0. The molecular formula is C14H26N2O. The lowest BCUT2D eigenvalue weighted by atomic mass is 10.0. The summed E-state index contributed by atoms with van der Waals surface area (Å²) in [6.07, 6.45) is 6.75. The molecule has 0 aromatic rings. The molecule has 0 N–H and O–H groups in total. The number of carbonyl (C=O) groups excluding carboxylic acids is 1. The molecule has 0 bridgehead atoms. The molecule has 0 radical (unpaired) electrons. The topological polar surface area (TPSA) is 23.6 Å². The van der Waals surface area contributed by atoms with Crippen molar-refractivity contribution in [3.8, 4) is 0 Å². The van der Waals surface area contributed by atoms with Gasteiger partial charge in [-0.25, -0.2) is 0 Å². The van der Waals surface area contributed by atoms with Crippen LogP contribution in [-0.2, 0) is 4.79 Å². The van der Waals surface area contributed by atoms with Crippen LogP contribution in [0.2, 0.25) is 0 Å². The van der Waals surface area contributed by atoms with Crippen LogP contribution < -0.4 is 0 Å². The zero-order valence-corrected chi connectivity index (χ0v) is 11.3. The van der Waals surface area contributed by atoms with Crippen LogP contribution in [0, 0.1) is 5.92 Å². The lowest BCUT2D eigenvalue weighted by molar-refractivity contribution is -0.123. The summed E-state index contributed by atoms with van der Waals surface area (Å²) in [5, 5.41) is 0. The molecule has 0 spiro atoms. The third-order valence-corrected chi connectivity index (χ3v) is 4.34. The number of hydrogen-bond acceptors (Lipinski definition) is 3. The van der Waals surface area contributed by atoms with Crippen LogP contribution in [-0.4, -0.2) is 55.4 Å². The van der Waals surface area contributed by atoms with Gasteiger partial charge in [0.15, 0.2) is 0 Å². The van der Waals surface area contributed by atoms with E-state index in [1.165, 1.54) is 32.4 Å². The minimum absolute atomic E-state index is 0.211. The van der Waals surface area contributed by atoms with Gasteiger partial charge in [-0.2, -0.15) is 0 Å². The summed E-state index contributed by atoms with van der Waals surface area (Å²) in [5.74, 6) is 1.25.